The first-order chi connectivity index (χ1) is 17.2. The summed E-state index contributed by atoms with van der Waals surface area (Å²) in [4.78, 5) is 56.0. The van der Waals surface area contributed by atoms with E-state index in [0.29, 0.717) is 0 Å². The summed E-state index contributed by atoms with van der Waals surface area (Å²) in [7, 11) is 0. The second-order valence-electron chi connectivity index (χ2n) is 8.11. The van der Waals surface area contributed by atoms with E-state index in [9.17, 15) is 19.2 Å². The van der Waals surface area contributed by atoms with Gasteiger partial charge in [0.2, 0.25) is 0 Å². The summed E-state index contributed by atoms with van der Waals surface area (Å²) in [6.45, 7) is 0. The van der Waals surface area contributed by atoms with E-state index in [1.165, 1.54) is 36.4 Å². The highest BCUT2D eigenvalue weighted by atomic mass is 35.5. The third-order valence-corrected chi connectivity index (χ3v) is 7.86. The van der Waals surface area contributed by atoms with Crippen molar-refractivity contribution in [3.8, 4) is 0 Å². The molecule has 4 aromatic carbocycles. The lowest BCUT2D eigenvalue weighted by Gasteiger charge is -2.32. The van der Waals surface area contributed by atoms with Crippen LogP contribution in [0.25, 0.3) is 10.8 Å². The van der Waals surface area contributed by atoms with Gasteiger partial charge in [0.05, 0.1) is 31.5 Å². The maximum Gasteiger partial charge on any atom is 0.266 e. The van der Waals surface area contributed by atoms with Crippen LogP contribution in [0.5, 0.6) is 0 Å². The molecule has 4 amide bonds. The quantitative estimate of drug-likeness (QED) is 0.248. The first kappa shape index (κ1) is 23.0. The number of rotatable bonds is 2. The zero-order valence-corrected chi connectivity index (χ0v) is 20.8. The molecule has 0 aliphatic carbocycles. The third-order valence-electron chi connectivity index (χ3n) is 6.24. The topological polar surface area (TPSA) is 74.8 Å². The lowest BCUT2D eigenvalue weighted by molar-refractivity contribution is 0.0873. The molecule has 0 atom stereocenters. The van der Waals surface area contributed by atoms with E-state index in [2.05, 4.69) is 0 Å². The molecule has 176 valence electrons. The van der Waals surface area contributed by atoms with E-state index in [0.717, 1.165) is 9.80 Å². The third kappa shape index (κ3) is 2.99. The van der Waals surface area contributed by atoms with E-state index in [4.69, 9.17) is 46.4 Å². The molecular formula is C26H10Cl4N2O4. The van der Waals surface area contributed by atoms with Crippen molar-refractivity contribution in [1.82, 2.24) is 0 Å². The largest absolute Gasteiger partial charge is 0.268 e. The Kier molecular flexibility index (Phi) is 5.14. The predicted octanol–water partition coefficient (Wildman–Crippen LogP) is 7.05. The first-order valence-corrected chi connectivity index (χ1v) is 12.0. The van der Waals surface area contributed by atoms with Gasteiger partial charge in [0.1, 0.15) is 0 Å². The fraction of sp³-hybridized carbons (Fsp3) is 0. The smallest absolute Gasteiger partial charge is 0.266 e. The lowest BCUT2D eigenvalue weighted by Crippen LogP contribution is -2.43. The van der Waals surface area contributed by atoms with Crippen LogP contribution < -0.4 is 9.80 Å². The van der Waals surface area contributed by atoms with Crippen molar-refractivity contribution in [1.29, 1.82) is 0 Å². The highest BCUT2D eigenvalue weighted by Gasteiger charge is 2.41. The fourth-order valence-corrected chi connectivity index (χ4v) is 5.40. The maximum absolute atomic E-state index is 13.5. The minimum atomic E-state index is -0.652. The molecule has 0 unspecified atom stereocenters. The van der Waals surface area contributed by atoms with E-state index in [1.807, 2.05) is 0 Å². The molecule has 6 rings (SSSR count). The van der Waals surface area contributed by atoms with Crippen molar-refractivity contribution in [2.45, 2.75) is 0 Å². The Morgan fingerprint density at radius 1 is 0.444 bits per heavy atom. The Hall–Kier alpha value is -3.42. The molecule has 6 nitrogen and oxygen atoms in total. The normalized spacial score (nSPS) is 14.8. The van der Waals surface area contributed by atoms with Crippen LogP contribution in [-0.4, -0.2) is 23.6 Å². The average Bonchev–Trinajstić information content (AvgIpc) is 2.86. The molecule has 36 heavy (non-hydrogen) atoms. The van der Waals surface area contributed by atoms with Crippen molar-refractivity contribution in [2.24, 2.45) is 0 Å². The van der Waals surface area contributed by atoms with Crippen LogP contribution in [0, 0.1) is 0 Å². The molecule has 2 aliphatic rings. The lowest BCUT2D eigenvalue weighted by atomic mass is 9.85. The van der Waals surface area contributed by atoms with Crippen LogP contribution in [0.1, 0.15) is 41.4 Å². The number of carbonyl (C=O) groups is 4. The highest BCUT2D eigenvalue weighted by Crippen LogP contribution is 2.43. The molecule has 2 heterocycles. The maximum atomic E-state index is 13.5. The van der Waals surface area contributed by atoms with Crippen LogP contribution in [0.2, 0.25) is 20.1 Å². The molecule has 0 radical (unpaired) electrons. The van der Waals surface area contributed by atoms with Gasteiger partial charge >= 0.3 is 0 Å². The van der Waals surface area contributed by atoms with Gasteiger partial charge in [-0.3, -0.25) is 19.2 Å². The molecule has 0 fully saturated rings. The van der Waals surface area contributed by atoms with Gasteiger partial charge in [-0.1, -0.05) is 58.5 Å². The van der Waals surface area contributed by atoms with E-state index in [-0.39, 0.29) is 64.5 Å². The van der Waals surface area contributed by atoms with Crippen LogP contribution >= 0.6 is 46.4 Å². The number of hydrogen-bond donors (Lipinski definition) is 0. The van der Waals surface area contributed by atoms with Crippen molar-refractivity contribution < 1.29 is 19.2 Å². The van der Waals surface area contributed by atoms with E-state index < -0.39 is 23.6 Å². The van der Waals surface area contributed by atoms with Gasteiger partial charge in [0, 0.05) is 33.0 Å². The standard InChI is InChI=1S/C26H10Cl4N2O4/c27-15-3-1-5-17(21(15)29)31-23(33)11-7-9-13-20-14(10-8-12(19(11)20)24(31)34)26(36)32(25(13)35)18-6-2-4-16(28)22(18)30/h1-10H. The minimum Gasteiger partial charge on any atom is -0.268 e. The summed E-state index contributed by atoms with van der Waals surface area (Å²) in [5, 5.41) is 0.924. The van der Waals surface area contributed by atoms with Gasteiger partial charge in [0.15, 0.2) is 0 Å². The zero-order chi connectivity index (χ0) is 25.5. The van der Waals surface area contributed by atoms with Crippen molar-refractivity contribution in [3.63, 3.8) is 0 Å². The monoisotopic (exact) mass is 554 g/mol. The molecule has 0 saturated carbocycles. The average molecular weight is 556 g/mol. The number of nitrogens with zero attached hydrogens (tertiary/aromatic N) is 2. The Morgan fingerprint density at radius 2 is 0.750 bits per heavy atom. The second kappa shape index (κ2) is 8.05. The van der Waals surface area contributed by atoms with Crippen molar-refractivity contribution in [2.75, 3.05) is 9.80 Å². The molecule has 0 aromatic heterocycles. The number of halogens is 4. The second-order valence-corrected chi connectivity index (χ2v) is 9.68. The van der Waals surface area contributed by atoms with Crippen LogP contribution in [-0.2, 0) is 0 Å². The summed E-state index contributed by atoms with van der Waals surface area (Å²) in [5.41, 5.74) is 0.860. The summed E-state index contributed by atoms with van der Waals surface area (Å²) < 4.78 is 0. The summed E-state index contributed by atoms with van der Waals surface area (Å²) in [6.07, 6.45) is 0. The number of carbonyl (C=O) groups excluding carboxylic acids is 4. The van der Waals surface area contributed by atoms with E-state index in [1.54, 1.807) is 24.3 Å². The number of hydrogen-bond acceptors (Lipinski definition) is 4. The van der Waals surface area contributed by atoms with Gasteiger partial charge in [-0.05, 0) is 48.5 Å². The number of benzene rings is 4. The van der Waals surface area contributed by atoms with Gasteiger partial charge < -0.3 is 0 Å². The summed E-state index contributed by atoms with van der Waals surface area (Å²) >= 11 is 24.9. The Labute approximate surface area is 223 Å². The SMILES string of the molecule is O=C1c2ccc3c4c(ccc(c24)C(=O)N1c1cccc(Cl)c1Cl)C(=O)N(c1cccc(Cl)c1Cl)C3=O. The first-order valence-electron chi connectivity index (χ1n) is 10.5. The minimum absolute atomic E-state index is 0.0503. The molecule has 2 aliphatic heterocycles. The molecule has 0 saturated heterocycles. The Morgan fingerprint density at radius 3 is 1.06 bits per heavy atom. The molecule has 10 heteroatoms. The van der Waals surface area contributed by atoms with Gasteiger partial charge in [0.25, 0.3) is 23.6 Å². The van der Waals surface area contributed by atoms with Gasteiger partial charge in [-0.2, -0.15) is 0 Å². The number of amides is 4. The summed E-state index contributed by atoms with van der Waals surface area (Å²) in [6, 6.07) is 15.1. The fourth-order valence-electron chi connectivity index (χ4n) is 4.64. The number of anilines is 2. The summed E-state index contributed by atoms with van der Waals surface area (Å²) in [5.74, 6) is -2.61. The highest BCUT2D eigenvalue weighted by molar-refractivity contribution is 6.48. The van der Waals surface area contributed by atoms with E-state index >= 15 is 0 Å². The molecule has 0 spiro atoms. The van der Waals surface area contributed by atoms with Gasteiger partial charge in [-0.15, -0.1) is 0 Å². The van der Waals surface area contributed by atoms with Crippen molar-refractivity contribution >= 4 is 92.2 Å². The number of imide groups is 2. The van der Waals surface area contributed by atoms with Crippen molar-refractivity contribution in [3.05, 3.63) is 103 Å². The molecule has 0 N–H and O–H groups in total. The Balaban J connectivity index is 1.58. The molecule has 4 aromatic rings. The zero-order valence-electron chi connectivity index (χ0n) is 17.8. The van der Waals surface area contributed by atoms with Crippen LogP contribution in [0.15, 0.2) is 60.7 Å². The van der Waals surface area contributed by atoms with Gasteiger partial charge in [-0.25, -0.2) is 9.80 Å². The van der Waals surface area contributed by atoms with Crippen LogP contribution in [0.3, 0.4) is 0 Å². The van der Waals surface area contributed by atoms with Crippen LogP contribution in [0.4, 0.5) is 11.4 Å². The molecule has 0 bridgehead atoms. The Bertz CT molecular complexity index is 1540. The predicted molar refractivity (Wildman–Crippen MR) is 139 cm³/mol. The molecular weight excluding hydrogens is 546 g/mol.